The van der Waals surface area contributed by atoms with Crippen LogP contribution in [0, 0.1) is 0 Å². The predicted molar refractivity (Wildman–Crippen MR) is 115 cm³/mol. The van der Waals surface area contributed by atoms with Gasteiger partial charge in [-0.2, -0.15) is 0 Å². The van der Waals surface area contributed by atoms with E-state index < -0.39 is 0 Å². The van der Waals surface area contributed by atoms with Crippen LogP contribution in [0.3, 0.4) is 0 Å². The van der Waals surface area contributed by atoms with Crippen LogP contribution in [0.15, 0.2) is 48.5 Å². The van der Waals surface area contributed by atoms with E-state index in [1.54, 1.807) is 6.08 Å². The topological polar surface area (TPSA) is 50.8 Å². The SMILES string of the molecule is CCOc1ccc(/C=C/C(=O)Nc2ccc(CCN(C)C)cc2)cc1OCC. The molecule has 0 atom stereocenters. The van der Waals surface area contributed by atoms with E-state index in [2.05, 4.69) is 24.3 Å². The summed E-state index contributed by atoms with van der Waals surface area (Å²) in [6, 6.07) is 13.6. The fourth-order valence-electron chi connectivity index (χ4n) is 2.63. The molecule has 28 heavy (non-hydrogen) atoms. The first-order chi connectivity index (χ1) is 13.5. The molecule has 0 fully saturated rings. The van der Waals surface area contributed by atoms with E-state index in [-0.39, 0.29) is 5.91 Å². The third-order valence-corrected chi connectivity index (χ3v) is 4.06. The first-order valence-electron chi connectivity index (χ1n) is 9.64. The Bertz CT molecular complexity index is 783. The van der Waals surface area contributed by atoms with Crippen molar-refractivity contribution in [2.24, 2.45) is 0 Å². The van der Waals surface area contributed by atoms with Crippen molar-refractivity contribution in [1.29, 1.82) is 0 Å². The van der Waals surface area contributed by atoms with Crippen molar-refractivity contribution < 1.29 is 14.3 Å². The lowest BCUT2D eigenvalue weighted by Gasteiger charge is -2.11. The number of hydrogen-bond acceptors (Lipinski definition) is 4. The van der Waals surface area contributed by atoms with Crippen LogP contribution in [-0.2, 0) is 11.2 Å². The second-order valence-electron chi connectivity index (χ2n) is 6.64. The van der Waals surface area contributed by atoms with Gasteiger partial charge in [0.2, 0.25) is 5.91 Å². The Kier molecular flexibility index (Phi) is 8.56. The molecule has 1 amide bonds. The summed E-state index contributed by atoms with van der Waals surface area (Å²) in [4.78, 5) is 14.4. The standard InChI is InChI=1S/C23H30N2O3/c1-5-27-21-13-9-19(17-22(21)28-6-2)10-14-23(26)24-20-11-7-18(8-12-20)15-16-25(3)4/h7-14,17H,5-6,15-16H2,1-4H3,(H,24,26)/b14-10+. The Balaban J connectivity index is 1.96. The molecule has 0 saturated heterocycles. The zero-order chi connectivity index (χ0) is 20.4. The summed E-state index contributed by atoms with van der Waals surface area (Å²) in [6.07, 6.45) is 4.27. The average Bonchev–Trinajstić information content (AvgIpc) is 2.68. The van der Waals surface area contributed by atoms with Gasteiger partial charge in [-0.1, -0.05) is 18.2 Å². The molecule has 0 aliphatic heterocycles. The number of nitrogens with zero attached hydrogens (tertiary/aromatic N) is 1. The molecule has 0 unspecified atom stereocenters. The molecule has 0 aromatic heterocycles. The van der Waals surface area contributed by atoms with Gasteiger partial charge in [0.25, 0.3) is 0 Å². The second-order valence-corrected chi connectivity index (χ2v) is 6.64. The first kappa shape index (κ1) is 21.5. The second kappa shape index (κ2) is 11.1. The monoisotopic (exact) mass is 382 g/mol. The van der Waals surface area contributed by atoms with Crippen molar-refractivity contribution in [2.45, 2.75) is 20.3 Å². The number of rotatable bonds is 10. The third kappa shape index (κ3) is 7.08. The van der Waals surface area contributed by atoms with Crippen LogP contribution in [0.4, 0.5) is 5.69 Å². The smallest absolute Gasteiger partial charge is 0.248 e. The van der Waals surface area contributed by atoms with Crippen molar-refractivity contribution in [2.75, 3.05) is 39.2 Å². The molecule has 0 aliphatic carbocycles. The van der Waals surface area contributed by atoms with Gasteiger partial charge in [0.1, 0.15) is 0 Å². The summed E-state index contributed by atoms with van der Waals surface area (Å²) >= 11 is 0. The van der Waals surface area contributed by atoms with Gasteiger partial charge in [0.15, 0.2) is 11.5 Å². The normalized spacial score (nSPS) is 11.0. The lowest BCUT2D eigenvalue weighted by Crippen LogP contribution is -2.15. The molecule has 0 radical (unpaired) electrons. The first-order valence-corrected chi connectivity index (χ1v) is 9.64. The molecular formula is C23H30N2O3. The number of nitrogens with one attached hydrogen (secondary N) is 1. The van der Waals surface area contributed by atoms with Gasteiger partial charge in [0.05, 0.1) is 13.2 Å². The van der Waals surface area contributed by atoms with Crippen molar-refractivity contribution in [3.8, 4) is 11.5 Å². The summed E-state index contributed by atoms with van der Waals surface area (Å²) in [5, 5.41) is 2.88. The molecule has 0 bridgehead atoms. The molecule has 0 aliphatic rings. The van der Waals surface area contributed by atoms with Crippen LogP contribution >= 0.6 is 0 Å². The van der Waals surface area contributed by atoms with Gasteiger partial charge in [-0.25, -0.2) is 0 Å². The van der Waals surface area contributed by atoms with E-state index >= 15 is 0 Å². The average molecular weight is 383 g/mol. The van der Waals surface area contributed by atoms with Crippen molar-refractivity contribution in [3.05, 3.63) is 59.7 Å². The van der Waals surface area contributed by atoms with Gasteiger partial charge >= 0.3 is 0 Å². The highest BCUT2D eigenvalue weighted by molar-refractivity contribution is 6.01. The number of carbonyl (C=O) groups excluding carboxylic acids is 1. The maximum Gasteiger partial charge on any atom is 0.248 e. The van der Waals surface area contributed by atoms with E-state index in [9.17, 15) is 4.79 Å². The van der Waals surface area contributed by atoms with E-state index in [1.165, 1.54) is 11.6 Å². The summed E-state index contributed by atoms with van der Waals surface area (Å²) in [6.45, 7) is 5.99. The molecule has 5 nitrogen and oxygen atoms in total. The Labute approximate surface area is 168 Å². The molecule has 2 rings (SSSR count). The van der Waals surface area contributed by atoms with Crippen LogP contribution in [0.25, 0.3) is 6.08 Å². The molecule has 150 valence electrons. The van der Waals surface area contributed by atoms with E-state index in [0.29, 0.717) is 24.7 Å². The Hall–Kier alpha value is -2.79. The summed E-state index contributed by atoms with van der Waals surface area (Å²) < 4.78 is 11.2. The third-order valence-electron chi connectivity index (χ3n) is 4.06. The molecular weight excluding hydrogens is 352 g/mol. The molecule has 0 saturated carbocycles. The fraction of sp³-hybridized carbons (Fsp3) is 0.348. The summed E-state index contributed by atoms with van der Waals surface area (Å²) in [5.41, 5.74) is 2.91. The van der Waals surface area contributed by atoms with Crippen LogP contribution in [0.2, 0.25) is 0 Å². The summed E-state index contributed by atoms with van der Waals surface area (Å²) in [5.74, 6) is 1.22. The predicted octanol–water partition coefficient (Wildman–Crippen LogP) is 4.24. The van der Waals surface area contributed by atoms with Crippen molar-refractivity contribution >= 4 is 17.7 Å². The number of amides is 1. The van der Waals surface area contributed by atoms with E-state index in [0.717, 1.165) is 24.2 Å². The van der Waals surface area contributed by atoms with Crippen LogP contribution in [0.5, 0.6) is 11.5 Å². The zero-order valence-electron chi connectivity index (χ0n) is 17.2. The van der Waals surface area contributed by atoms with Gasteiger partial charge in [0, 0.05) is 18.3 Å². The van der Waals surface area contributed by atoms with Crippen LogP contribution < -0.4 is 14.8 Å². The molecule has 0 spiro atoms. The number of likely N-dealkylation sites (N-methyl/N-ethyl adjacent to an activating group) is 1. The highest BCUT2D eigenvalue weighted by Crippen LogP contribution is 2.29. The minimum atomic E-state index is -0.173. The minimum absolute atomic E-state index is 0.173. The molecule has 2 aromatic rings. The lowest BCUT2D eigenvalue weighted by atomic mass is 10.1. The zero-order valence-corrected chi connectivity index (χ0v) is 17.2. The Morgan fingerprint density at radius 2 is 1.68 bits per heavy atom. The van der Waals surface area contributed by atoms with Gasteiger partial charge in [-0.05, 0) is 75.8 Å². The maximum atomic E-state index is 12.2. The fourth-order valence-corrected chi connectivity index (χ4v) is 2.63. The number of carbonyl (C=O) groups is 1. The largest absolute Gasteiger partial charge is 0.490 e. The minimum Gasteiger partial charge on any atom is -0.490 e. The molecule has 2 aromatic carbocycles. The van der Waals surface area contributed by atoms with Crippen molar-refractivity contribution in [3.63, 3.8) is 0 Å². The highest BCUT2D eigenvalue weighted by atomic mass is 16.5. The number of anilines is 1. The van der Waals surface area contributed by atoms with Crippen molar-refractivity contribution in [1.82, 2.24) is 4.90 Å². The maximum absolute atomic E-state index is 12.2. The quantitative estimate of drug-likeness (QED) is 0.625. The lowest BCUT2D eigenvalue weighted by molar-refractivity contribution is -0.111. The van der Waals surface area contributed by atoms with Crippen LogP contribution in [0.1, 0.15) is 25.0 Å². The number of benzene rings is 2. The Morgan fingerprint density at radius 3 is 2.32 bits per heavy atom. The van der Waals surface area contributed by atoms with Gasteiger partial charge in [-0.3, -0.25) is 4.79 Å². The Morgan fingerprint density at radius 1 is 1.00 bits per heavy atom. The number of hydrogen-bond donors (Lipinski definition) is 1. The van der Waals surface area contributed by atoms with E-state index in [4.69, 9.17) is 9.47 Å². The molecule has 0 heterocycles. The summed E-state index contributed by atoms with van der Waals surface area (Å²) in [7, 11) is 4.12. The highest BCUT2D eigenvalue weighted by Gasteiger charge is 2.05. The van der Waals surface area contributed by atoms with Gasteiger partial charge in [-0.15, -0.1) is 0 Å². The molecule has 5 heteroatoms. The molecule has 1 N–H and O–H groups in total. The van der Waals surface area contributed by atoms with Gasteiger partial charge < -0.3 is 19.7 Å². The number of ether oxygens (including phenoxy) is 2. The van der Waals surface area contributed by atoms with E-state index in [1.807, 2.05) is 56.3 Å². The van der Waals surface area contributed by atoms with Crippen LogP contribution in [-0.4, -0.2) is 44.7 Å².